The first kappa shape index (κ1) is 16.1. The van der Waals surface area contributed by atoms with Crippen LogP contribution in [-0.2, 0) is 14.3 Å². The lowest BCUT2D eigenvalue weighted by Crippen LogP contribution is -2.48. The van der Waals surface area contributed by atoms with Crippen LogP contribution in [0.25, 0.3) is 0 Å². The first-order valence-corrected chi connectivity index (χ1v) is 7.47. The van der Waals surface area contributed by atoms with Crippen molar-refractivity contribution >= 4 is 21.9 Å². The van der Waals surface area contributed by atoms with Crippen LogP contribution in [0.2, 0.25) is 0 Å². The van der Waals surface area contributed by atoms with Gasteiger partial charge >= 0.3 is 5.97 Å². The molecule has 1 heterocycles. The molecule has 0 radical (unpaired) electrons. The van der Waals surface area contributed by atoms with Gasteiger partial charge in [-0.3, -0.25) is 0 Å². The lowest BCUT2D eigenvalue weighted by Gasteiger charge is -2.33. The summed E-state index contributed by atoms with van der Waals surface area (Å²) in [6.45, 7) is 5.75. The summed E-state index contributed by atoms with van der Waals surface area (Å²) in [5.74, 6) is 0.879. The monoisotopic (exact) mass is 358 g/mol. The summed E-state index contributed by atoms with van der Waals surface area (Å²) in [4.78, 5) is 11.5. The van der Waals surface area contributed by atoms with Crippen LogP contribution in [0.3, 0.4) is 0 Å². The molecule has 0 saturated carbocycles. The number of fused-ring (bicyclic) bond motifs is 1. The normalized spacial score (nSPS) is 21.3. The molecule has 2 atom stereocenters. The molecule has 1 aliphatic heterocycles. The van der Waals surface area contributed by atoms with Crippen molar-refractivity contribution in [1.82, 2.24) is 0 Å². The summed E-state index contributed by atoms with van der Waals surface area (Å²) < 4.78 is 23.1. The summed E-state index contributed by atoms with van der Waals surface area (Å²) in [6.07, 6.45) is -1.09. The molecule has 2 rings (SSSR count). The lowest BCUT2D eigenvalue weighted by molar-refractivity contribution is -0.166. The van der Waals surface area contributed by atoms with Crippen molar-refractivity contribution in [1.29, 1.82) is 0 Å². The number of hydrogen-bond acceptors (Lipinski definition) is 5. The fourth-order valence-corrected chi connectivity index (χ4v) is 2.41. The second kappa shape index (κ2) is 6.23. The SMILES string of the molecule is COC(=O)C(C)O[C@H]1COc2ccc(Br)cc2OC1(C)C. The van der Waals surface area contributed by atoms with Crippen molar-refractivity contribution in [2.45, 2.75) is 38.6 Å². The van der Waals surface area contributed by atoms with Crippen LogP contribution < -0.4 is 9.47 Å². The Hall–Kier alpha value is -1.27. The molecule has 116 valence electrons. The molecule has 21 heavy (non-hydrogen) atoms. The standard InChI is InChI=1S/C15H19BrO5/c1-9(14(17)18-4)20-13-8-19-11-6-5-10(16)7-12(11)21-15(13,2)3/h5-7,9,13H,8H2,1-4H3/t9?,13-/m0/s1. The van der Waals surface area contributed by atoms with E-state index in [1.54, 1.807) is 6.92 Å². The number of ether oxygens (including phenoxy) is 4. The highest BCUT2D eigenvalue weighted by atomic mass is 79.9. The van der Waals surface area contributed by atoms with E-state index in [1.165, 1.54) is 7.11 Å². The summed E-state index contributed by atoms with van der Waals surface area (Å²) in [5.41, 5.74) is -0.645. The van der Waals surface area contributed by atoms with Gasteiger partial charge in [0, 0.05) is 4.47 Å². The van der Waals surface area contributed by atoms with Crippen molar-refractivity contribution in [2.75, 3.05) is 13.7 Å². The first-order valence-electron chi connectivity index (χ1n) is 6.68. The Morgan fingerprint density at radius 3 is 2.81 bits per heavy atom. The predicted molar refractivity (Wildman–Crippen MR) is 80.7 cm³/mol. The minimum atomic E-state index is -0.681. The van der Waals surface area contributed by atoms with E-state index in [1.807, 2.05) is 32.0 Å². The Morgan fingerprint density at radius 1 is 1.43 bits per heavy atom. The Bertz CT molecular complexity index is 529. The molecular weight excluding hydrogens is 340 g/mol. The third kappa shape index (κ3) is 3.68. The Morgan fingerprint density at radius 2 is 2.14 bits per heavy atom. The van der Waals surface area contributed by atoms with Gasteiger partial charge < -0.3 is 18.9 Å². The van der Waals surface area contributed by atoms with Crippen LogP contribution in [0.4, 0.5) is 0 Å². The van der Waals surface area contributed by atoms with Gasteiger partial charge in [-0.1, -0.05) is 15.9 Å². The third-order valence-electron chi connectivity index (χ3n) is 3.35. The number of methoxy groups -OCH3 is 1. The van der Waals surface area contributed by atoms with Crippen LogP contribution in [-0.4, -0.2) is 37.5 Å². The smallest absolute Gasteiger partial charge is 0.334 e. The van der Waals surface area contributed by atoms with Crippen LogP contribution in [0.15, 0.2) is 22.7 Å². The molecule has 0 N–H and O–H groups in total. The largest absolute Gasteiger partial charge is 0.487 e. The van der Waals surface area contributed by atoms with Gasteiger partial charge in [0.2, 0.25) is 0 Å². The van der Waals surface area contributed by atoms with E-state index in [0.29, 0.717) is 18.1 Å². The summed E-state index contributed by atoms with van der Waals surface area (Å²) in [5, 5.41) is 0. The molecule has 1 aromatic carbocycles. The van der Waals surface area contributed by atoms with Gasteiger partial charge in [-0.25, -0.2) is 4.79 Å². The number of benzene rings is 1. The minimum absolute atomic E-state index is 0.295. The number of carbonyl (C=O) groups is 1. The molecule has 0 bridgehead atoms. The second-order valence-corrected chi connectivity index (χ2v) is 6.31. The molecular formula is C15H19BrO5. The van der Waals surface area contributed by atoms with Gasteiger partial charge in [-0.2, -0.15) is 0 Å². The number of carbonyl (C=O) groups excluding carboxylic acids is 1. The maximum Gasteiger partial charge on any atom is 0.334 e. The third-order valence-corrected chi connectivity index (χ3v) is 3.84. The fraction of sp³-hybridized carbons (Fsp3) is 0.533. The van der Waals surface area contributed by atoms with Crippen LogP contribution in [0.5, 0.6) is 11.5 Å². The zero-order valence-electron chi connectivity index (χ0n) is 12.5. The zero-order valence-corrected chi connectivity index (χ0v) is 14.1. The molecule has 0 amide bonds. The van der Waals surface area contributed by atoms with E-state index in [2.05, 4.69) is 20.7 Å². The molecule has 0 saturated heterocycles. The summed E-state index contributed by atoms with van der Waals surface area (Å²) in [7, 11) is 1.33. The predicted octanol–water partition coefficient (Wildman–Crippen LogP) is 2.95. The van der Waals surface area contributed by atoms with Gasteiger partial charge in [-0.05, 0) is 39.0 Å². The van der Waals surface area contributed by atoms with E-state index in [4.69, 9.17) is 14.2 Å². The number of hydrogen-bond donors (Lipinski definition) is 0. The van der Waals surface area contributed by atoms with E-state index >= 15 is 0 Å². The first-order chi connectivity index (χ1) is 9.83. The highest BCUT2D eigenvalue weighted by molar-refractivity contribution is 9.10. The average molecular weight is 359 g/mol. The molecule has 0 spiro atoms. The molecule has 0 fully saturated rings. The molecule has 1 unspecified atom stereocenters. The molecule has 5 nitrogen and oxygen atoms in total. The van der Waals surface area contributed by atoms with Crippen LogP contribution in [0, 0.1) is 0 Å². The topological polar surface area (TPSA) is 54.0 Å². The highest BCUT2D eigenvalue weighted by Gasteiger charge is 2.39. The van der Waals surface area contributed by atoms with Gasteiger partial charge in [0.05, 0.1) is 7.11 Å². The minimum Gasteiger partial charge on any atom is -0.487 e. The van der Waals surface area contributed by atoms with Gasteiger partial charge in [0.15, 0.2) is 17.6 Å². The van der Waals surface area contributed by atoms with Gasteiger partial charge in [0.1, 0.15) is 18.3 Å². The molecule has 0 aliphatic carbocycles. The Labute approximate surface area is 132 Å². The van der Waals surface area contributed by atoms with E-state index in [-0.39, 0.29) is 0 Å². The maximum absolute atomic E-state index is 11.5. The quantitative estimate of drug-likeness (QED) is 0.777. The molecule has 0 aromatic heterocycles. The zero-order chi connectivity index (χ0) is 15.6. The molecule has 1 aromatic rings. The number of esters is 1. The van der Waals surface area contributed by atoms with Crippen LogP contribution in [0.1, 0.15) is 20.8 Å². The summed E-state index contributed by atoms with van der Waals surface area (Å²) in [6, 6.07) is 5.57. The number of halogens is 1. The van der Waals surface area contributed by atoms with Crippen molar-refractivity contribution < 1.29 is 23.7 Å². The lowest BCUT2D eigenvalue weighted by atomic mass is 10.0. The Balaban J connectivity index is 2.18. The molecule has 6 heteroatoms. The van der Waals surface area contributed by atoms with Crippen molar-refractivity contribution in [2.24, 2.45) is 0 Å². The average Bonchev–Trinajstić information content (AvgIpc) is 2.54. The summed E-state index contributed by atoms with van der Waals surface area (Å²) >= 11 is 3.41. The van der Waals surface area contributed by atoms with Gasteiger partial charge in [0.25, 0.3) is 0 Å². The highest BCUT2D eigenvalue weighted by Crippen LogP contribution is 2.37. The van der Waals surface area contributed by atoms with Crippen LogP contribution >= 0.6 is 15.9 Å². The van der Waals surface area contributed by atoms with Crippen molar-refractivity contribution in [3.63, 3.8) is 0 Å². The fourth-order valence-electron chi connectivity index (χ4n) is 2.07. The number of rotatable bonds is 3. The Kier molecular flexibility index (Phi) is 4.78. The maximum atomic E-state index is 11.5. The molecule has 1 aliphatic rings. The van der Waals surface area contributed by atoms with Crippen molar-refractivity contribution in [3.8, 4) is 11.5 Å². The van der Waals surface area contributed by atoms with E-state index in [9.17, 15) is 4.79 Å². The van der Waals surface area contributed by atoms with Gasteiger partial charge in [-0.15, -0.1) is 0 Å². The second-order valence-electron chi connectivity index (χ2n) is 5.40. The van der Waals surface area contributed by atoms with Crippen molar-refractivity contribution in [3.05, 3.63) is 22.7 Å². The van der Waals surface area contributed by atoms with E-state index in [0.717, 1.165) is 4.47 Å². The van der Waals surface area contributed by atoms with E-state index < -0.39 is 23.8 Å².